The lowest BCUT2D eigenvalue weighted by Gasteiger charge is -2.06. The quantitative estimate of drug-likeness (QED) is 0.647. The number of benzene rings is 2. The van der Waals surface area contributed by atoms with Gasteiger partial charge in [-0.25, -0.2) is 9.59 Å². The predicted molar refractivity (Wildman–Crippen MR) is 100 cm³/mol. The van der Waals surface area contributed by atoms with Gasteiger partial charge in [0, 0.05) is 18.2 Å². The van der Waals surface area contributed by atoms with E-state index in [4.69, 9.17) is 9.26 Å². The maximum Gasteiger partial charge on any atom is 0.338 e. The third kappa shape index (κ3) is 4.94. The van der Waals surface area contributed by atoms with E-state index < -0.39 is 6.03 Å². The van der Waals surface area contributed by atoms with Crippen LogP contribution in [0.2, 0.25) is 0 Å². The lowest BCUT2D eigenvalue weighted by Crippen LogP contribution is -2.28. The molecule has 3 aromatic rings. The van der Waals surface area contributed by atoms with Crippen LogP contribution in [-0.4, -0.2) is 23.8 Å². The first-order chi connectivity index (χ1) is 13.2. The van der Waals surface area contributed by atoms with Crippen molar-refractivity contribution in [3.05, 3.63) is 71.8 Å². The Labute approximate surface area is 156 Å². The number of anilines is 1. The molecule has 0 fully saturated rings. The van der Waals surface area contributed by atoms with E-state index in [1.54, 1.807) is 37.3 Å². The Morgan fingerprint density at radius 3 is 2.52 bits per heavy atom. The predicted octanol–water partition coefficient (Wildman–Crippen LogP) is 3.84. The van der Waals surface area contributed by atoms with Crippen LogP contribution in [0.4, 0.5) is 10.6 Å². The van der Waals surface area contributed by atoms with E-state index in [9.17, 15) is 9.59 Å². The van der Waals surface area contributed by atoms with Gasteiger partial charge in [-0.3, -0.25) is 5.32 Å². The Morgan fingerprint density at radius 1 is 1.07 bits per heavy atom. The van der Waals surface area contributed by atoms with Crippen molar-refractivity contribution in [3.8, 4) is 11.3 Å². The summed E-state index contributed by atoms with van der Waals surface area (Å²) in [5, 5.41) is 9.18. The van der Waals surface area contributed by atoms with Gasteiger partial charge < -0.3 is 14.6 Å². The number of rotatable bonds is 6. The maximum atomic E-state index is 12.0. The van der Waals surface area contributed by atoms with Crippen LogP contribution in [0.3, 0.4) is 0 Å². The molecule has 0 radical (unpaired) electrons. The molecule has 2 amide bonds. The third-order valence-corrected chi connectivity index (χ3v) is 3.73. The summed E-state index contributed by atoms with van der Waals surface area (Å²) in [4.78, 5) is 23.6. The average Bonchev–Trinajstić information content (AvgIpc) is 3.16. The van der Waals surface area contributed by atoms with Gasteiger partial charge in [0.05, 0.1) is 12.2 Å². The van der Waals surface area contributed by atoms with Crippen molar-refractivity contribution in [2.75, 3.05) is 11.9 Å². The molecule has 0 bridgehead atoms. The smallest absolute Gasteiger partial charge is 0.338 e. The average molecular weight is 365 g/mol. The number of urea groups is 1. The molecule has 138 valence electrons. The van der Waals surface area contributed by atoms with E-state index in [0.717, 1.165) is 11.1 Å². The van der Waals surface area contributed by atoms with Gasteiger partial charge in [-0.2, -0.15) is 0 Å². The van der Waals surface area contributed by atoms with E-state index >= 15 is 0 Å². The molecule has 1 heterocycles. The highest BCUT2D eigenvalue weighted by atomic mass is 16.5. The van der Waals surface area contributed by atoms with E-state index in [-0.39, 0.29) is 5.97 Å². The van der Waals surface area contributed by atoms with Crippen LogP contribution in [0.1, 0.15) is 22.8 Å². The van der Waals surface area contributed by atoms with Crippen molar-refractivity contribution in [2.45, 2.75) is 13.5 Å². The number of amides is 2. The van der Waals surface area contributed by atoms with Crippen molar-refractivity contribution in [3.63, 3.8) is 0 Å². The monoisotopic (exact) mass is 365 g/mol. The number of carbonyl (C=O) groups excluding carboxylic acids is 2. The van der Waals surface area contributed by atoms with Crippen LogP contribution in [0, 0.1) is 0 Å². The van der Waals surface area contributed by atoms with E-state index in [0.29, 0.717) is 30.3 Å². The van der Waals surface area contributed by atoms with Crippen LogP contribution in [-0.2, 0) is 11.3 Å². The summed E-state index contributed by atoms with van der Waals surface area (Å²) in [6.45, 7) is 2.39. The molecule has 0 unspecified atom stereocenters. The van der Waals surface area contributed by atoms with Crippen LogP contribution >= 0.6 is 0 Å². The standard InChI is InChI=1S/C20H19N3O4/c1-2-26-19(24)16-10-8-14(9-11-16)13-21-20(25)22-18-12-17(27-23-18)15-6-4-3-5-7-15/h3-12H,2,13H2,1H3,(H2,21,22,23,25). The molecule has 2 N–H and O–H groups in total. The molecular weight excluding hydrogens is 346 g/mol. The van der Waals surface area contributed by atoms with Gasteiger partial charge in [0.1, 0.15) is 0 Å². The zero-order valence-electron chi connectivity index (χ0n) is 14.8. The first-order valence-electron chi connectivity index (χ1n) is 8.48. The molecule has 3 rings (SSSR count). The van der Waals surface area contributed by atoms with Crippen LogP contribution < -0.4 is 10.6 Å². The van der Waals surface area contributed by atoms with Crippen molar-refractivity contribution in [1.29, 1.82) is 0 Å². The van der Waals surface area contributed by atoms with Gasteiger partial charge in [0.15, 0.2) is 11.6 Å². The molecule has 0 atom stereocenters. The molecule has 0 saturated heterocycles. The van der Waals surface area contributed by atoms with Crippen molar-refractivity contribution in [2.24, 2.45) is 0 Å². The van der Waals surface area contributed by atoms with E-state index in [2.05, 4.69) is 15.8 Å². The number of ether oxygens (including phenoxy) is 1. The first-order valence-corrected chi connectivity index (χ1v) is 8.48. The Morgan fingerprint density at radius 2 is 1.81 bits per heavy atom. The molecule has 0 aliphatic heterocycles. The highest BCUT2D eigenvalue weighted by Crippen LogP contribution is 2.21. The van der Waals surface area contributed by atoms with E-state index in [1.807, 2.05) is 30.3 Å². The molecule has 0 spiro atoms. The molecule has 2 aromatic carbocycles. The Kier molecular flexibility index (Phi) is 5.84. The number of hydrogen-bond acceptors (Lipinski definition) is 5. The lowest BCUT2D eigenvalue weighted by molar-refractivity contribution is 0.0526. The van der Waals surface area contributed by atoms with Gasteiger partial charge >= 0.3 is 12.0 Å². The minimum Gasteiger partial charge on any atom is -0.462 e. The highest BCUT2D eigenvalue weighted by Gasteiger charge is 2.10. The van der Waals surface area contributed by atoms with Crippen molar-refractivity contribution >= 4 is 17.8 Å². The topological polar surface area (TPSA) is 93.5 Å². The summed E-state index contributed by atoms with van der Waals surface area (Å²) >= 11 is 0. The molecule has 0 saturated carbocycles. The fourth-order valence-corrected chi connectivity index (χ4v) is 2.39. The summed E-state index contributed by atoms with van der Waals surface area (Å²) in [5.74, 6) is 0.527. The second-order valence-electron chi connectivity index (χ2n) is 5.67. The summed E-state index contributed by atoms with van der Waals surface area (Å²) in [6.07, 6.45) is 0. The number of carbonyl (C=O) groups is 2. The number of hydrogen-bond donors (Lipinski definition) is 2. The summed E-state index contributed by atoms with van der Waals surface area (Å²) in [5.41, 5.74) is 2.20. The third-order valence-electron chi connectivity index (χ3n) is 3.73. The van der Waals surface area contributed by atoms with Crippen LogP contribution in [0.15, 0.2) is 65.2 Å². The summed E-state index contributed by atoms with van der Waals surface area (Å²) in [7, 11) is 0. The maximum absolute atomic E-state index is 12.0. The summed E-state index contributed by atoms with van der Waals surface area (Å²) in [6, 6.07) is 17.6. The zero-order chi connectivity index (χ0) is 19.1. The molecule has 0 aliphatic carbocycles. The number of aromatic nitrogens is 1. The fourth-order valence-electron chi connectivity index (χ4n) is 2.39. The zero-order valence-corrected chi connectivity index (χ0v) is 14.8. The first kappa shape index (κ1) is 18.2. The number of esters is 1. The normalized spacial score (nSPS) is 10.3. The van der Waals surface area contributed by atoms with E-state index in [1.165, 1.54) is 0 Å². The van der Waals surface area contributed by atoms with Gasteiger partial charge in [-0.15, -0.1) is 0 Å². The van der Waals surface area contributed by atoms with Crippen molar-refractivity contribution < 1.29 is 18.8 Å². The van der Waals surface area contributed by atoms with Gasteiger partial charge in [0.2, 0.25) is 0 Å². The largest absolute Gasteiger partial charge is 0.462 e. The Balaban J connectivity index is 1.51. The van der Waals surface area contributed by atoms with Crippen LogP contribution in [0.25, 0.3) is 11.3 Å². The number of nitrogens with zero attached hydrogens (tertiary/aromatic N) is 1. The van der Waals surface area contributed by atoms with Gasteiger partial charge in [-0.05, 0) is 24.6 Å². The Hall–Kier alpha value is -3.61. The van der Waals surface area contributed by atoms with Gasteiger partial charge in [0.25, 0.3) is 0 Å². The molecule has 7 nitrogen and oxygen atoms in total. The lowest BCUT2D eigenvalue weighted by atomic mass is 10.1. The second-order valence-corrected chi connectivity index (χ2v) is 5.67. The second kappa shape index (κ2) is 8.66. The molecule has 7 heteroatoms. The molecular formula is C20H19N3O4. The minimum atomic E-state index is -0.405. The van der Waals surface area contributed by atoms with Gasteiger partial charge in [-0.1, -0.05) is 47.6 Å². The number of nitrogens with one attached hydrogen (secondary N) is 2. The summed E-state index contributed by atoms with van der Waals surface area (Å²) < 4.78 is 10.2. The fraction of sp³-hybridized carbons (Fsp3) is 0.150. The van der Waals surface area contributed by atoms with Crippen molar-refractivity contribution in [1.82, 2.24) is 10.5 Å². The highest BCUT2D eigenvalue weighted by molar-refractivity contribution is 5.90. The molecule has 0 aliphatic rings. The molecule has 1 aromatic heterocycles. The Bertz CT molecular complexity index is 904. The molecule has 27 heavy (non-hydrogen) atoms. The minimum absolute atomic E-state index is 0.304. The SMILES string of the molecule is CCOC(=O)c1ccc(CNC(=O)Nc2cc(-c3ccccc3)on2)cc1. The van der Waals surface area contributed by atoms with Crippen LogP contribution in [0.5, 0.6) is 0 Å².